The van der Waals surface area contributed by atoms with Crippen molar-refractivity contribution in [1.82, 2.24) is 10.2 Å². The van der Waals surface area contributed by atoms with E-state index in [4.69, 9.17) is 0 Å². The van der Waals surface area contributed by atoms with Crippen molar-refractivity contribution in [1.29, 1.82) is 5.26 Å². The quantitative estimate of drug-likeness (QED) is 0.779. The summed E-state index contributed by atoms with van der Waals surface area (Å²) in [6.45, 7) is 2.26. The smallest absolute Gasteiger partial charge is 0.187 e. The molecule has 0 amide bonds. The van der Waals surface area contributed by atoms with E-state index < -0.39 is 0 Å². The fourth-order valence-corrected chi connectivity index (χ4v) is 3.31. The van der Waals surface area contributed by atoms with Gasteiger partial charge >= 0.3 is 0 Å². The molecule has 0 spiro atoms. The Balaban J connectivity index is 1.64. The van der Waals surface area contributed by atoms with Gasteiger partial charge in [-0.3, -0.25) is 0 Å². The Morgan fingerprint density at radius 3 is 2.44 bits per heavy atom. The van der Waals surface area contributed by atoms with Crippen LogP contribution in [0.15, 0.2) is 48.5 Å². The second kappa shape index (κ2) is 6.78. The minimum Gasteiger partial charge on any atom is -0.372 e. The average Bonchev–Trinajstić information content (AvgIpc) is 2.69. The molecule has 0 unspecified atom stereocenters. The third-order valence-electron chi connectivity index (χ3n) is 4.63. The van der Waals surface area contributed by atoms with Gasteiger partial charge in [-0.15, -0.1) is 10.2 Å². The first-order valence-electron chi connectivity index (χ1n) is 8.63. The van der Waals surface area contributed by atoms with Crippen LogP contribution in [0.3, 0.4) is 0 Å². The normalized spacial score (nSPS) is 14.3. The molecular weight excluding hydrogens is 310 g/mol. The molecule has 2 aromatic carbocycles. The van der Waals surface area contributed by atoms with Crippen molar-refractivity contribution in [3.63, 3.8) is 0 Å². The zero-order valence-corrected chi connectivity index (χ0v) is 13.9. The lowest BCUT2D eigenvalue weighted by Crippen LogP contribution is -2.29. The zero-order chi connectivity index (χ0) is 17.1. The Morgan fingerprint density at radius 2 is 1.68 bits per heavy atom. The summed E-state index contributed by atoms with van der Waals surface area (Å²) in [6, 6.07) is 18.2. The molecule has 1 aromatic heterocycles. The molecule has 0 aliphatic carbocycles. The first-order chi connectivity index (χ1) is 12.3. The fourth-order valence-electron chi connectivity index (χ4n) is 3.31. The van der Waals surface area contributed by atoms with E-state index in [0.717, 1.165) is 29.7 Å². The van der Waals surface area contributed by atoms with Crippen molar-refractivity contribution in [2.75, 3.05) is 23.3 Å². The predicted molar refractivity (Wildman–Crippen MR) is 100 cm³/mol. The van der Waals surface area contributed by atoms with Crippen LogP contribution < -0.4 is 10.2 Å². The van der Waals surface area contributed by atoms with Gasteiger partial charge in [-0.2, -0.15) is 5.26 Å². The maximum absolute atomic E-state index is 9.37. The number of rotatable bonds is 3. The van der Waals surface area contributed by atoms with Gasteiger partial charge in [-0.25, -0.2) is 0 Å². The summed E-state index contributed by atoms with van der Waals surface area (Å²) in [6.07, 6.45) is 3.86. The highest BCUT2D eigenvalue weighted by molar-refractivity contribution is 5.94. The summed E-state index contributed by atoms with van der Waals surface area (Å²) in [7, 11) is 0. The predicted octanol–water partition coefficient (Wildman–Crippen LogP) is 4.24. The highest BCUT2D eigenvalue weighted by Gasteiger charge is 2.12. The molecular formula is C20H19N5. The van der Waals surface area contributed by atoms with E-state index in [-0.39, 0.29) is 0 Å². The lowest BCUT2D eigenvalue weighted by atomic mass is 10.1. The molecule has 0 radical (unpaired) electrons. The highest BCUT2D eigenvalue weighted by atomic mass is 15.1. The van der Waals surface area contributed by atoms with Gasteiger partial charge in [-0.1, -0.05) is 18.2 Å². The fraction of sp³-hybridized carbons (Fsp3) is 0.250. The third kappa shape index (κ3) is 3.11. The first kappa shape index (κ1) is 15.4. The average molecular weight is 329 g/mol. The monoisotopic (exact) mass is 329 g/mol. The summed E-state index contributed by atoms with van der Waals surface area (Å²) < 4.78 is 0. The van der Waals surface area contributed by atoms with E-state index >= 15 is 0 Å². The summed E-state index contributed by atoms with van der Waals surface area (Å²) in [4.78, 5) is 2.43. The molecule has 25 heavy (non-hydrogen) atoms. The highest BCUT2D eigenvalue weighted by Crippen LogP contribution is 2.29. The van der Waals surface area contributed by atoms with Crippen LogP contribution in [0.1, 0.15) is 25.0 Å². The maximum Gasteiger partial charge on any atom is 0.187 e. The van der Waals surface area contributed by atoms with Gasteiger partial charge < -0.3 is 10.2 Å². The van der Waals surface area contributed by atoms with Crippen molar-refractivity contribution in [3.8, 4) is 6.07 Å². The van der Waals surface area contributed by atoms with Crippen molar-refractivity contribution in [2.45, 2.75) is 19.3 Å². The Bertz CT molecular complexity index is 921. The Morgan fingerprint density at radius 1 is 0.920 bits per heavy atom. The first-order valence-corrected chi connectivity index (χ1v) is 8.63. The number of hydrogen-bond acceptors (Lipinski definition) is 5. The molecule has 2 heterocycles. The number of nitrogens with one attached hydrogen (secondary N) is 1. The summed E-state index contributed by atoms with van der Waals surface area (Å²) in [5, 5.41) is 21.8. The van der Waals surface area contributed by atoms with Gasteiger partial charge in [0.2, 0.25) is 0 Å². The number of aromatic nitrogens is 2. The standard InChI is InChI=1S/C20H19N5/c21-14-19-20(17-6-2-3-7-18(17)23-24-19)22-15-8-10-16(11-9-15)25-12-4-1-5-13-25/h2-3,6-11H,1,4-5,12-13H2,(H,22,23). The molecule has 1 aliphatic rings. The Labute approximate surface area is 146 Å². The second-order valence-corrected chi connectivity index (χ2v) is 6.27. The minimum atomic E-state index is 0.304. The van der Waals surface area contributed by atoms with Crippen molar-refractivity contribution in [2.24, 2.45) is 0 Å². The van der Waals surface area contributed by atoms with Gasteiger partial charge in [-0.05, 0) is 49.6 Å². The second-order valence-electron chi connectivity index (χ2n) is 6.27. The van der Waals surface area contributed by atoms with Gasteiger partial charge in [0.05, 0.1) is 11.2 Å². The number of benzene rings is 2. The van der Waals surface area contributed by atoms with E-state index in [1.165, 1.54) is 24.9 Å². The Kier molecular flexibility index (Phi) is 4.17. The van der Waals surface area contributed by atoms with Crippen LogP contribution in [-0.4, -0.2) is 23.3 Å². The zero-order valence-electron chi connectivity index (χ0n) is 13.9. The minimum absolute atomic E-state index is 0.304. The van der Waals surface area contributed by atoms with Crippen LogP contribution >= 0.6 is 0 Å². The van der Waals surface area contributed by atoms with Crippen LogP contribution in [0.5, 0.6) is 0 Å². The number of nitrogens with zero attached hydrogens (tertiary/aromatic N) is 4. The molecule has 4 rings (SSSR count). The molecule has 1 N–H and O–H groups in total. The van der Waals surface area contributed by atoms with Gasteiger partial charge in [0, 0.05) is 29.9 Å². The number of anilines is 3. The van der Waals surface area contributed by atoms with E-state index in [0.29, 0.717) is 11.4 Å². The maximum atomic E-state index is 9.37. The molecule has 1 fully saturated rings. The van der Waals surface area contributed by atoms with Crippen LogP contribution in [0.2, 0.25) is 0 Å². The van der Waals surface area contributed by atoms with Gasteiger partial charge in [0.1, 0.15) is 6.07 Å². The number of hydrogen-bond donors (Lipinski definition) is 1. The molecule has 1 aliphatic heterocycles. The molecule has 0 bridgehead atoms. The van der Waals surface area contributed by atoms with E-state index in [2.05, 4.69) is 50.7 Å². The number of fused-ring (bicyclic) bond motifs is 1. The molecule has 0 atom stereocenters. The lowest BCUT2D eigenvalue weighted by molar-refractivity contribution is 0.578. The summed E-state index contributed by atoms with van der Waals surface area (Å²) in [5.41, 5.74) is 3.98. The number of nitriles is 1. The molecule has 0 saturated carbocycles. The number of piperidine rings is 1. The third-order valence-corrected chi connectivity index (χ3v) is 4.63. The molecule has 5 heteroatoms. The summed E-state index contributed by atoms with van der Waals surface area (Å²) in [5.74, 6) is 0. The molecule has 124 valence electrons. The molecule has 5 nitrogen and oxygen atoms in total. The SMILES string of the molecule is N#Cc1nnc2ccccc2c1Nc1ccc(N2CCCCC2)cc1. The van der Waals surface area contributed by atoms with E-state index in [1.807, 2.05) is 24.3 Å². The van der Waals surface area contributed by atoms with Crippen molar-refractivity contribution >= 4 is 28.0 Å². The summed E-state index contributed by atoms with van der Waals surface area (Å²) >= 11 is 0. The van der Waals surface area contributed by atoms with Crippen molar-refractivity contribution in [3.05, 3.63) is 54.2 Å². The van der Waals surface area contributed by atoms with Crippen molar-refractivity contribution < 1.29 is 0 Å². The van der Waals surface area contributed by atoms with Gasteiger partial charge in [0.15, 0.2) is 5.69 Å². The van der Waals surface area contributed by atoms with E-state index in [9.17, 15) is 5.26 Å². The largest absolute Gasteiger partial charge is 0.372 e. The van der Waals surface area contributed by atoms with Crippen LogP contribution in [0.4, 0.5) is 17.1 Å². The molecule has 1 saturated heterocycles. The Hall–Kier alpha value is -3.13. The topological polar surface area (TPSA) is 64.8 Å². The van der Waals surface area contributed by atoms with Crippen LogP contribution in [0, 0.1) is 11.3 Å². The van der Waals surface area contributed by atoms with Gasteiger partial charge in [0.25, 0.3) is 0 Å². The lowest BCUT2D eigenvalue weighted by Gasteiger charge is -2.28. The van der Waals surface area contributed by atoms with Crippen LogP contribution in [-0.2, 0) is 0 Å². The van der Waals surface area contributed by atoms with E-state index in [1.54, 1.807) is 0 Å². The van der Waals surface area contributed by atoms with Crippen LogP contribution in [0.25, 0.3) is 10.9 Å². The molecule has 3 aromatic rings.